The van der Waals surface area contributed by atoms with Gasteiger partial charge in [-0.3, -0.25) is 9.36 Å². The monoisotopic (exact) mass is 364 g/mol. The molecular formula is C22H24N2OS. The predicted molar refractivity (Wildman–Crippen MR) is 108 cm³/mol. The molecule has 0 bridgehead atoms. The van der Waals surface area contributed by atoms with E-state index >= 15 is 0 Å². The predicted octanol–water partition coefficient (Wildman–Crippen LogP) is 4.96. The van der Waals surface area contributed by atoms with Crippen molar-refractivity contribution in [1.29, 1.82) is 0 Å². The first-order valence-corrected chi connectivity index (χ1v) is 9.89. The zero-order valence-electron chi connectivity index (χ0n) is 15.5. The molecule has 134 valence electrons. The Morgan fingerprint density at radius 3 is 2.54 bits per heavy atom. The second-order valence-corrected chi connectivity index (χ2v) is 7.42. The maximum Gasteiger partial charge on any atom is 0.173 e. The Balaban J connectivity index is 1.66. The van der Waals surface area contributed by atoms with Crippen molar-refractivity contribution in [2.75, 3.05) is 5.75 Å². The molecule has 0 aliphatic rings. The summed E-state index contributed by atoms with van der Waals surface area (Å²) in [5.41, 5.74) is 5.97. The van der Waals surface area contributed by atoms with Crippen LogP contribution in [0.4, 0.5) is 0 Å². The fourth-order valence-electron chi connectivity index (χ4n) is 2.89. The van der Waals surface area contributed by atoms with Crippen molar-refractivity contribution in [3.8, 4) is 5.69 Å². The van der Waals surface area contributed by atoms with Gasteiger partial charge >= 0.3 is 0 Å². The van der Waals surface area contributed by atoms with E-state index in [1.165, 1.54) is 28.5 Å². The molecule has 0 spiro atoms. The fourth-order valence-corrected chi connectivity index (χ4v) is 3.72. The standard InChI is InChI=1S/C22H24N2OS/c1-4-18-8-10-19(11-9-18)14-20(25)15-26-22-23-12-13-24(22)21-7-5-6-16(2)17(21)3/h5-13H,4,14-15H2,1-3H3. The smallest absolute Gasteiger partial charge is 0.173 e. The molecule has 0 fully saturated rings. The SMILES string of the molecule is CCc1ccc(CC(=O)CSc2nccn2-c2cccc(C)c2C)cc1. The molecular weight excluding hydrogens is 340 g/mol. The number of carbonyl (C=O) groups excluding carboxylic acids is 1. The molecule has 0 aliphatic carbocycles. The number of imidazole rings is 1. The average Bonchev–Trinajstić information content (AvgIpc) is 3.11. The lowest BCUT2D eigenvalue weighted by Gasteiger charge is -2.12. The number of aromatic nitrogens is 2. The third-order valence-electron chi connectivity index (χ3n) is 4.64. The highest BCUT2D eigenvalue weighted by Gasteiger charge is 2.12. The van der Waals surface area contributed by atoms with Crippen LogP contribution in [-0.4, -0.2) is 21.1 Å². The van der Waals surface area contributed by atoms with Gasteiger partial charge in [-0.1, -0.05) is 55.1 Å². The Bertz CT molecular complexity index is 897. The number of Topliss-reactive ketones (excluding diaryl/α,β-unsaturated/α-hetero) is 1. The van der Waals surface area contributed by atoms with Crippen LogP contribution < -0.4 is 0 Å². The van der Waals surface area contributed by atoms with Crippen LogP contribution in [0.1, 0.15) is 29.2 Å². The molecule has 0 aliphatic heterocycles. The fraction of sp³-hybridized carbons (Fsp3) is 0.273. The third-order valence-corrected chi connectivity index (χ3v) is 5.66. The maximum atomic E-state index is 12.4. The summed E-state index contributed by atoms with van der Waals surface area (Å²) in [7, 11) is 0. The van der Waals surface area contributed by atoms with E-state index in [1.807, 2.05) is 6.20 Å². The summed E-state index contributed by atoms with van der Waals surface area (Å²) in [5, 5.41) is 0.855. The molecule has 3 nitrogen and oxygen atoms in total. The van der Waals surface area contributed by atoms with Gasteiger partial charge in [-0.25, -0.2) is 4.98 Å². The summed E-state index contributed by atoms with van der Waals surface area (Å²) in [5.74, 6) is 0.645. The van der Waals surface area contributed by atoms with Crippen molar-refractivity contribution in [1.82, 2.24) is 9.55 Å². The van der Waals surface area contributed by atoms with E-state index in [1.54, 1.807) is 6.20 Å². The maximum absolute atomic E-state index is 12.4. The number of nitrogens with zero attached hydrogens (tertiary/aromatic N) is 2. The minimum absolute atomic E-state index is 0.217. The Morgan fingerprint density at radius 1 is 1.08 bits per heavy atom. The number of rotatable bonds is 7. The lowest BCUT2D eigenvalue weighted by molar-refractivity contribution is -0.116. The number of hydrogen-bond donors (Lipinski definition) is 0. The zero-order chi connectivity index (χ0) is 18.5. The van der Waals surface area contributed by atoms with Crippen LogP contribution in [0.3, 0.4) is 0 Å². The lowest BCUT2D eigenvalue weighted by atomic mass is 10.1. The van der Waals surface area contributed by atoms with Crippen molar-refractivity contribution in [2.45, 2.75) is 38.8 Å². The molecule has 3 aromatic rings. The molecule has 0 radical (unpaired) electrons. The van der Waals surface area contributed by atoms with Gasteiger partial charge in [-0.2, -0.15) is 0 Å². The first-order valence-electron chi connectivity index (χ1n) is 8.90. The molecule has 0 amide bonds. The van der Waals surface area contributed by atoms with Crippen LogP contribution in [0, 0.1) is 13.8 Å². The van der Waals surface area contributed by atoms with Gasteiger partial charge in [0.15, 0.2) is 5.16 Å². The molecule has 0 saturated heterocycles. The molecule has 0 N–H and O–H groups in total. The molecule has 2 aromatic carbocycles. The van der Waals surface area contributed by atoms with E-state index in [0.717, 1.165) is 22.8 Å². The van der Waals surface area contributed by atoms with E-state index in [0.29, 0.717) is 12.2 Å². The van der Waals surface area contributed by atoms with Gasteiger partial charge < -0.3 is 0 Å². The number of benzene rings is 2. The van der Waals surface area contributed by atoms with Crippen LogP contribution in [0.2, 0.25) is 0 Å². The molecule has 0 saturated carbocycles. The zero-order valence-corrected chi connectivity index (χ0v) is 16.3. The summed E-state index contributed by atoms with van der Waals surface area (Å²) >= 11 is 1.50. The normalized spacial score (nSPS) is 10.9. The molecule has 0 unspecified atom stereocenters. The van der Waals surface area contributed by atoms with Crippen molar-refractivity contribution in [3.05, 3.63) is 77.1 Å². The highest BCUT2D eigenvalue weighted by atomic mass is 32.2. The first kappa shape index (κ1) is 18.5. The summed E-state index contributed by atoms with van der Waals surface area (Å²) < 4.78 is 2.07. The number of aryl methyl sites for hydroxylation is 2. The summed E-state index contributed by atoms with van der Waals surface area (Å²) in [4.78, 5) is 16.8. The minimum atomic E-state index is 0.217. The third kappa shape index (κ3) is 4.25. The van der Waals surface area contributed by atoms with Crippen molar-refractivity contribution in [3.63, 3.8) is 0 Å². The summed E-state index contributed by atoms with van der Waals surface area (Å²) in [6.45, 7) is 6.36. The Morgan fingerprint density at radius 2 is 1.81 bits per heavy atom. The minimum Gasteiger partial charge on any atom is -0.298 e. The second-order valence-electron chi connectivity index (χ2n) is 6.47. The number of thioether (sulfide) groups is 1. The summed E-state index contributed by atoms with van der Waals surface area (Å²) in [6, 6.07) is 14.6. The molecule has 4 heteroatoms. The molecule has 1 aromatic heterocycles. The first-order chi connectivity index (χ1) is 12.6. The topological polar surface area (TPSA) is 34.9 Å². The van der Waals surface area contributed by atoms with E-state index in [9.17, 15) is 4.79 Å². The van der Waals surface area contributed by atoms with Gasteiger partial charge in [-0.05, 0) is 48.6 Å². The van der Waals surface area contributed by atoms with Crippen molar-refractivity contribution < 1.29 is 4.79 Å². The largest absolute Gasteiger partial charge is 0.298 e. The van der Waals surface area contributed by atoms with Gasteiger partial charge in [0.1, 0.15) is 5.78 Å². The second kappa shape index (κ2) is 8.37. The molecule has 1 heterocycles. The number of ketones is 1. The van der Waals surface area contributed by atoms with Crippen LogP contribution >= 0.6 is 11.8 Å². The van der Waals surface area contributed by atoms with Gasteiger partial charge in [0.05, 0.1) is 11.4 Å². The van der Waals surface area contributed by atoms with Gasteiger partial charge in [-0.15, -0.1) is 0 Å². The van der Waals surface area contributed by atoms with Crippen molar-refractivity contribution in [2.24, 2.45) is 0 Å². The highest BCUT2D eigenvalue weighted by Crippen LogP contribution is 2.24. The Kier molecular flexibility index (Phi) is 5.94. The Hall–Kier alpha value is -2.33. The van der Waals surface area contributed by atoms with Crippen LogP contribution in [0.15, 0.2) is 60.0 Å². The van der Waals surface area contributed by atoms with Crippen molar-refractivity contribution >= 4 is 17.5 Å². The van der Waals surface area contributed by atoms with E-state index < -0.39 is 0 Å². The lowest BCUT2D eigenvalue weighted by Crippen LogP contribution is -2.07. The average molecular weight is 365 g/mol. The number of carbonyl (C=O) groups is 1. The highest BCUT2D eigenvalue weighted by molar-refractivity contribution is 7.99. The van der Waals surface area contributed by atoms with Crippen LogP contribution in [0.5, 0.6) is 0 Å². The molecule has 3 rings (SSSR count). The molecule has 26 heavy (non-hydrogen) atoms. The molecule has 0 atom stereocenters. The van der Waals surface area contributed by atoms with Crippen LogP contribution in [-0.2, 0) is 17.6 Å². The van der Waals surface area contributed by atoms with E-state index in [-0.39, 0.29) is 5.78 Å². The summed E-state index contributed by atoms with van der Waals surface area (Å²) in [6.07, 6.45) is 5.24. The Labute approximate surface area is 159 Å². The van der Waals surface area contributed by atoms with Gasteiger partial charge in [0.25, 0.3) is 0 Å². The van der Waals surface area contributed by atoms with E-state index in [2.05, 4.69) is 72.8 Å². The van der Waals surface area contributed by atoms with E-state index in [4.69, 9.17) is 0 Å². The number of hydrogen-bond acceptors (Lipinski definition) is 3. The quantitative estimate of drug-likeness (QED) is 0.556. The van der Waals surface area contributed by atoms with Crippen LogP contribution in [0.25, 0.3) is 5.69 Å². The van der Waals surface area contributed by atoms with Gasteiger partial charge in [0, 0.05) is 18.8 Å². The van der Waals surface area contributed by atoms with Gasteiger partial charge in [0.2, 0.25) is 0 Å².